The molecule has 4 rings (SSSR count). The lowest BCUT2D eigenvalue weighted by atomic mass is 9.95. The summed E-state index contributed by atoms with van der Waals surface area (Å²) in [7, 11) is 0. The van der Waals surface area contributed by atoms with E-state index in [1.165, 1.54) is 54.0 Å². The van der Waals surface area contributed by atoms with Crippen LogP contribution in [-0.2, 0) is 13.2 Å². The number of halogens is 1. The Labute approximate surface area is 168 Å². The Kier molecular flexibility index (Phi) is 7.14. The van der Waals surface area contributed by atoms with Crippen LogP contribution in [-0.4, -0.2) is 6.04 Å². The van der Waals surface area contributed by atoms with E-state index in [-0.39, 0.29) is 12.4 Å². The first-order valence-electron chi connectivity index (χ1n) is 9.81. The highest BCUT2D eigenvalue weighted by Crippen LogP contribution is 2.29. The highest BCUT2D eigenvalue weighted by Gasteiger charge is 2.15. The maximum Gasteiger partial charge on any atom is 0.124 e. The molecular formula is C24H28ClNO. The number of nitrogens with one attached hydrogen (secondary N) is 1. The van der Waals surface area contributed by atoms with Crippen LogP contribution in [0, 0.1) is 0 Å². The predicted molar refractivity (Wildman–Crippen MR) is 116 cm³/mol. The summed E-state index contributed by atoms with van der Waals surface area (Å²) in [4.78, 5) is 0. The molecule has 142 valence electrons. The molecule has 0 aliphatic heterocycles. The zero-order chi connectivity index (χ0) is 17.6. The maximum atomic E-state index is 6.23. The van der Waals surface area contributed by atoms with E-state index in [0.29, 0.717) is 12.6 Å². The second kappa shape index (κ2) is 9.77. The van der Waals surface area contributed by atoms with Gasteiger partial charge in [-0.05, 0) is 35.2 Å². The Bertz CT molecular complexity index is 843. The summed E-state index contributed by atoms with van der Waals surface area (Å²) < 4.78 is 6.23. The quantitative estimate of drug-likeness (QED) is 0.543. The average molecular weight is 382 g/mol. The highest BCUT2D eigenvalue weighted by molar-refractivity contribution is 5.87. The Morgan fingerprint density at radius 3 is 2.37 bits per heavy atom. The van der Waals surface area contributed by atoms with E-state index < -0.39 is 0 Å². The first-order valence-corrected chi connectivity index (χ1v) is 9.81. The van der Waals surface area contributed by atoms with Gasteiger partial charge in [-0.2, -0.15) is 0 Å². The molecule has 0 unspecified atom stereocenters. The van der Waals surface area contributed by atoms with Gasteiger partial charge in [0.1, 0.15) is 12.4 Å². The van der Waals surface area contributed by atoms with Crippen LogP contribution in [0.4, 0.5) is 0 Å². The van der Waals surface area contributed by atoms with Gasteiger partial charge in [-0.15, -0.1) is 12.4 Å². The van der Waals surface area contributed by atoms with Crippen LogP contribution in [0.1, 0.15) is 43.2 Å². The van der Waals surface area contributed by atoms with Gasteiger partial charge in [0.15, 0.2) is 0 Å². The van der Waals surface area contributed by atoms with Gasteiger partial charge in [0, 0.05) is 18.2 Å². The minimum Gasteiger partial charge on any atom is -0.489 e. The van der Waals surface area contributed by atoms with E-state index in [1.807, 2.05) is 6.07 Å². The fourth-order valence-electron chi connectivity index (χ4n) is 3.92. The number of ether oxygens (including phenoxy) is 1. The van der Waals surface area contributed by atoms with Crippen LogP contribution in [0.15, 0.2) is 66.7 Å². The van der Waals surface area contributed by atoms with Gasteiger partial charge in [-0.1, -0.05) is 79.9 Å². The molecule has 0 saturated heterocycles. The molecule has 1 fully saturated rings. The van der Waals surface area contributed by atoms with Crippen molar-refractivity contribution in [3.63, 3.8) is 0 Å². The molecule has 27 heavy (non-hydrogen) atoms. The van der Waals surface area contributed by atoms with Crippen molar-refractivity contribution in [1.82, 2.24) is 5.32 Å². The molecule has 1 aliphatic carbocycles. The first kappa shape index (κ1) is 19.7. The number of hydrogen-bond acceptors (Lipinski definition) is 2. The standard InChI is InChI=1S/C24H27NO.ClH/c1-3-9-19(10-4-1)18-26-24-16-15-20-11-7-8-14-22(20)23(24)17-25-21-12-5-2-6-13-21;/h1,3-4,7-11,14-16,21,25H,2,5-6,12-13,17-18H2;1H. The summed E-state index contributed by atoms with van der Waals surface area (Å²) in [6.45, 7) is 1.48. The number of hydrogen-bond donors (Lipinski definition) is 1. The third-order valence-electron chi connectivity index (χ3n) is 5.41. The Morgan fingerprint density at radius 1 is 0.815 bits per heavy atom. The topological polar surface area (TPSA) is 21.3 Å². The van der Waals surface area contributed by atoms with Crippen LogP contribution < -0.4 is 10.1 Å². The minimum atomic E-state index is 0. The van der Waals surface area contributed by atoms with Crippen molar-refractivity contribution in [2.24, 2.45) is 0 Å². The summed E-state index contributed by atoms with van der Waals surface area (Å²) in [5, 5.41) is 6.36. The van der Waals surface area contributed by atoms with Gasteiger partial charge >= 0.3 is 0 Å². The van der Waals surface area contributed by atoms with Crippen molar-refractivity contribution in [2.75, 3.05) is 0 Å². The third-order valence-corrected chi connectivity index (χ3v) is 5.41. The van der Waals surface area contributed by atoms with Crippen molar-refractivity contribution in [3.05, 3.63) is 77.9 Å². The number of rotatable bonds is 6. The Morgan fingerprint density at radius 2 is 1.56 bits per heavy atom. The van der Waals surface area contributed by atoms with Gasteiger partial charge in [-0.25, -0.2) is 0 Å². The van der Waals surface area contributed by atoms with Gasteiger partial charge in [0.05, 0.1) is 0 Å². The largest absolute Gasteiger partial charge is 0.489 e. The van der Waals surface area contributed by atoms with E-state index in [0.717, 1.165) is 12.3 Å². The van der Waals surface area contributed by atoms with Crippen molar-refractivity contribution in [1.29, 1.82) is 0 Å². The SMILES string of the molecule is Cl.c1ccc(COc2ccc3ccccc3c2CNC2CCCCC2)cc1. The van der Waals surface area contributed by atoms with Crippen molar-refractivity contribution in [2.45, 2.75) is 51.3 Å². The molecule has 0 bridgehead atoms. The van der Waals surface area contributed by atoms with E-state index in [1.54, 1.807) is 0 Å². The Balaban J connectivity index is 0.00000210. The van der Waals surface area contributed by atoms with Crippen LogP contribution in [0.3, 0.4) is 0 Å². The van der Waals surface area contributed by atoms with E-state index >= 15 is 0 Å². The van der Waals surface area contributed by atoms with Crippen LogP contribution in [0.5, 0.6) is 5.75 Å². The van der Waals surface area contributed by atoms with Crippen molar-refractivity contribution < 1.29 is 4.74 Å². The predicted octanol–water partition coefficient (Wildman–Crippen LogP) is 6.26. The third kappa shape index (κ3) is 5.03. The molecule has 2 nitrogen and oxygen atoms in total. The Hall–Kier alpha value is -2.03. The summed E-state index contributed by atoms with van der Waals surface area (Å²) in [5.41, 5.74) is 2.48. The summed E-state index contributed by atoms with van der Waals surface area (Å²) in [5.74, 6) is 0.996. The lowest BCUT2D eigenvalue weighted by Crippen LogP contribution is -2.30. The zero-order valence-electron chi connectivity index (χ0n) is 15.7. The lowest BCUT2D eigenvalue weighted by molar-refractivity contribution is 0.300. The molecule has 0 aromatic heterocycles. The molecule has 3 aromatic carbocycles. The van der Waals surface area contributed by atoms with Gasteiger partial charge in [-0.3, -0.25) is 0 Å². The summed E-state index contributed by atoms with van der Waals surface area (Å²) in [6, 6.07) is 23.9. The normalized spacial score (nSPS) is 14.7. The van der Waals surface area contributed by atoms with Crippen LogP contribution in [0.25, 0.3) is 10.8 Å². The molecule has 1 aliphatic rings. The smallest absolute Gasteiger partial charge is 0.124 e. The molecular weight excluding hydrogens is 354 g/mol. The second-order valence-corrected chi connectivity index (χ2v) is 7.25. The molecule has 3 heteroatoms. The van der Waals surface area contributed by atoms with Crippen molar-refractivity contribution in [3.8, 4) is 5.75 Å². The summed E-state index contributed by atoms with van der Waals surface area (Å²) in [6.07, 6.45) is 6.68. The molecule has 0 spiro atoms. The maximum absolute atomic E-state index is 6.23. The van der Waals surface area contributed by atoms with E-state index in [4.69, 9.17) is 4.74 Å². The molecule has 0 heterocycles. The molecule has 0 radical (unpaired) electrons. The molecule has 0 atom stereocenters. The molecule has 1 saturated carbocycles. The van der Waals surface area contributed by atoms with Gasteiger partial charge < -0.3 is 10.1 Å². The number of fused-ring (bicyclic) bond motifs is 1. The fourth-order valence-corrected chi connectivity index (χ4v) is 3.92. The highest BCUT2D eigenvalue weighted by atomic mass is 35.5. The average Bonchev–Trinajstić information content (AvgIpc) is 2.72. The molecule has 1 N–H and O–H groups in total. The summed E-state index contributed by atoms with van der Waals surface area (Å²) >= 11 is 0. The zero-order valence-corrected chi connectivity index (χ0v) is 16.5. The van der Waals surface area contributed by atoms with Crippen molar-refractivity contribution >= 4 is 23.2 Å². The van der Waals surface area contributed by atoms with Crippen LogP contribution in [0.2, 0.25) is 0 Å². The number of benzene rings is 3. The first-order chi connectivity index (χ1) is 12.9. The van der Waals surface area contributed by atoms with Gasteiger partial charge in [0.2, 0.25) is 0 Å². The van der Waals surface area contributed by atoms with Gasteiger partial charge in [0.25, 0.3) is 0 Å². The lowest BCUT2D eigenvalue weighted by Gasteiger charge is -2.24. The fraction of sp³-hybridized carbons (Fsp3) is 0.333. The van der Waals surface area contributed by atoms with E-state index in [2.05, 4.69) is 66.0 Å². The van der Waals surface area contributed by atoms with E-state index in [9.17, 15) is 0 Å². The van der Waals surface area contributed by atoms with Crippen LogP contribution >= 0.6 is 12.4 Å². The monoisotopic (exact) mass is 381 g/mol. The second-order valence-electron chi connectivity index (χ2n) is 7.25. The molecule has 0 amide bonds. The molecule has 3 aromatic rings. The minimum absolute atomic E-state index is 0.